The van der Waals surface area contributed by atoms with Crippen LogP contribution in [0.2, 0.25) is 5.02 Å². The Balaban J connectivity index is 1.99. The number of rotatable bonds is 5. The lowest BCUT2D eigenvalue weighted by atomic mass is 10.1. The highest BCUT2D eigenvalue weighted by Crippen LogP contribution is 2.28. The summed E-state index contributed by atoms with van der Waals surface area (Å²) >= 11 is 8.91. The number of hydrogen-bond acceptors (Lipinski definition) is 3. The van der Waals surface area contributed by atoms with E-state index in [1.165, 1.54) is 18.2 Å². The number of nitrogens with one attached hydrogen (secondary N) is 1. The van der Waals surface area contributed by atoms with Gasteiger partial charge in [-0.25, -0.2) is 0 Å². The molecule has 0 saturated carbocycles. The second-order valence-electron chi connectivity index (χ2n) is 4.53. The van der Waals surface area contributed by atoms with Crippen LogP contribution in [0.4, 0.5) is 5.69 Å². The number of carbonyl (C=O) groups excluding carboxylic acids is 1. The fourth-order valence-corrected chi connectivity index (χ4v) is 2.62. The third-order valence-electron chi connectivity index (χ3n) is 3.03. The molecule has 0 aromatic heterocycles. The molecule has 0 unspecified atom stereocenters. The summed E-state index contributed by atoms with van der Waals surface area (Å²) in [5.41, 5.74) is 1.15. The third kappa shape index (κ3) is 4.05. The van der Waals surface area contributed by atoms with Gasteiger partial charge in [0, 0.05) is 17.6 Å². The van der Waals surface area contributed by atoms with Crippen molar-refractivity contribution in [3.8, 4) is 0 Å². The smallest absolute Gasteiger partial charge is 0.284 e. The van der Waals surface area contributed by atoms with E-state index >= 15 is 0 Å². The number of nitro benzene ring substituents is 1. The summed E-state index contributed by atoms with van der Waals surface area (Å²) in [7, 11) is 0. The average Bonchev–Trinajstić information content (AvgIpc) is 2.49. The molecule has 7 heteroatoms. The van der Waals surface area contributed by atoms with Crippen LogP contribution >= 0.6 is 27.5 Å². The van der Waals surface area contributed by atoms with E-state index in [9.17, 15) is 14.9 Å². The van der Waals surface area contributed by atoms with Gasteiger partial charge in [0.15, 0.2) is 0 Å². The van der Waals surface area contributed by atoms with Crippen LogP contribution in [0.5, 0.6) is 0 Å². The summed E-state index contributed by atoms with van der Waals surface area (Å²) in [5.74, 6) is -0.357. The lowest BCUT2D eigenvalue weighted by Gasteiger charge is -2.07. The third-order valence-corrected chi connectivity index (χ3v) is 4.12. The van der Waals surface area contributed by atoms with Crippen molar-refractivity contribution < 1.29 is 9.72 Å². The molecule has 2 rings (SSSR count). The first-order valence-corrected chi connectivity index (χ1v) is 7.61. The Morgan fingerprint density at radius 1 is 1.23 bits per heavy atom. The van der Waals surface area contributed by atoms with Crippen molar-refractivity contribution in [3.63, 3.8) is 0 Å². The molecule has 0 saturated heterocycles. The Labute approximate surface area is 140 Å². The predicted molar refractivity (Wildman–Crippen MR) is 88.3 cm³/mol. The largest absolute Gasteiger partial charge is 0.352 e. The Kier molecular flexibility index (Phi) is 5.51. The topological polar surface area (TPSA) is 72.2 Å². The Morgan fingerprint density at radius 2 is 1.91 bits per heavy atom. The first-order valence-electron chi connectivity index (χ1n) is 6.44. The summed E-state index contributed by atoms with van der Waals surface area (Å²) in [6, 6.07) is 11.7. The van der Waals surface area contributed by atoms with Crippen molar-refractivity contribution in [2.24, 2.45) is 0 Å². The number of carbonyl (C=O) groups is 1. The van der Waals surface area contributed by atoms with Gasteiger partial charge < -0.3 is 5.32 Å². The van der Waals surface area contributed by atoms with Crippen LogP contribution in [0.3, 0.4) is 0 Å². The van der Waals surface area contributed by atoms with E-state index in [-0.39, 0.29) is 21.6 Å². The van der Waals surface area contributed by atoms with Crippen molar-refractivity contribution in [1.82, 2.24) is 5.32 Å². The zero-order valence-corrected chi connectivity index (χ0v) is 13.7. The Morgan fingerprint density at radius 3 is 2.55 bits per heavy atom. The van der Waals surface area contributed by atoms with Crippen LogP contribution in [0, 0.1) is 10.1 Å². The minimum Gasteiger partial charge on any atom is -0.352 e. The van der Waals surface area contributed by atoms with Gasteiger partial charge in [-0.1, -0.05) is 29.8 Å². The molecule has 0 aliphatic carbocycles. The molecule has 0 spiro atoms. The number of halogens is 2. The van der Waals surface area contributed by atoms with Gasteiger partial charge in [0.2, 0.25) is 0 Å². The maximum Gasteiger partial charge on any atom is 0.284 e. The first-order chi connectivity index (χ1) is 10.5. The highest BCUT2D eigenvalue weighted by molar-refractivity contribution is 9.10. The van der Waals surface area contributed by atoms with E-state index in [4.69, 9.17) is 11.6 Å². The van der Waals surface area contributed by atoms with Crippen molar-refractivity contribution in [2.75, 3.05) is 6.54 Å². The fraction of sp³-hybridized carbons (Fsp3) is 0.133. The summed E-state index contributed by atoms with van der Waals surface area (Å²) in [6.07, 6.45) is 0.648. The second kappa shape index (κ2) is 7.38. The molecule has 0 aliphatic heterocycles. The number of benzene rings is 2. The zero-order chi connectivity index (χ0) is 16.1. The molecule has 0 atom stereocenters. The van der Waals surface area contributed by atoms with Gasteiger partial charge in [0.05, 0.1) is 10.5 Å². The molecule has 0 aliphatic rings. The number of hydrogen-bond donors (Lipinski definition) is 1. The first kappa shape index (κ1) is 16.5. The zero-order valence-electron chi connectivity index (χ0n) is 11.4. The van der Waals surface area contributed by atoms with E-state index in [0.717, 1.165) is 5.56 Å². The van der Waals surface area contributed by atoms with E-state index in [1.54, 1.807) is 12.1 Å². The van der Waals surface area contributed by atoms with Crippen molar-refractivity contribution in [3.05, 3.63) is 73.2 Å². The van der Waals surface area contributed by atoms with E-state index in [2.05, 4.69) is 21.2 Å². The summed E-state index contributed by atoms with van der Waals surface area (Å²) in [4.78, 5) is 22.4. The second-order valence-corrected chi connectivity index (χ2v) is 5.76. The van der Waals surface area contributed by atoms with E-state index < -0.39 is 4.92 Å². The SMILES string of the molecule is O=C(NCCc1ccc(Cl)cc1)c1cccc([N+](=O)[O-])c1Br. The number of nitrogens with zero attached hydrogens (tertiary/aromatic N) is 1. The van der Waals surface area contributed by atoms with Crippen molar-refractivity contribution >= 4 is 39.1 Å². The molecular weight excluding hydrogens is 372 g/mol. The van der Waals surface area contributed by atoms with Gasteiger partial charge in [0.25, 0.3) is 11.6 Å². The summed E-state index contributed by atoms with van der Waals surface area (Å²) < 4.78 is 0.184. The molecule has 0 heterocycles. The molecule has 5 nitrogen and oxygen atoms in total. The average molecular weight is 384 g/mol. The Hall–Kier alpha value is -1.92. The molecular formula is C15H12BrClN2O3. The highest BCUT2D eigenvalue weighted by Gasteiger charge is 2.18. The van der Waals surface area contributed by atoms with Gasteiger partial charge in [-0.2, -0.15) is 0 Å². The van der Waals surface area contributed by atoms with Gasteiger partial charge in [-0.05, 0) is 46.1 Å². The molecule has 1 N–H and O–H groups in total. The maximum atomic E-state index is 12.1. The van der Waals surface area contributed by atoms with Crippen LogP contribution < -0.4 is 5.32 Å². The van der Waals surface area contributed by atoms with Gasteiger partial charge in [-0.15, -0.1) is 0 Å². The minimum atomic E-state index is -0.533. The lowest BCUT2D eigenvalue weighted by molar-refractivity contribution is -0.385. The quantitative estimate of drug-likeness (QED) is 0.627. The maximum absolute atomic E-state index is 12.1. The predicted octanol–water partition coefficient (Wildman–Crippen LogP) is 3.98. The molecule has 22 heavy (non-hydrogen) atoms. The van der Waals surface area contributed by atoms with Gasteiger partial charge in [0.1, 0.15) is 4.47 Å². The highest BCUT2D eigenvalue weighted by atomic mass is 79.9. The standard InChI is InChI=1S/C15H12BrClN2O3/c16-14-12(2-1-3-13(14)19(21)22)15(20)18-9-8-10-4-6-11(17)7-5-10/h1-7H,8-9H2,(H,18,20). The van der Waals surface area contributed by atoms with Crippen LogP contribution in [-0.2, 0) is 6.42 Å². The summed E-state index contributed by atoms with van der Waals surface area (Å²) in [6.45, 7) is 0.426. The molecule has 1 amide bonds. The lowest BCUT2D eigenvalue weighted by Crippen LogP contribution is -2.26. The molecule has 2 aromatic rings. The van der Waals surface area contributed by atoms with Crippen LogP contribution in [0.15, 0.2) is 46.9 Å². The molecule has 0 fully saturated rings. The minimum absolute atomic E-state index is 0.134. The van der Waals surface area contributed by atoms with E-state index in [0.29, 0.717) is 18.0 Å². The fourth-order valence-electron chi connectivity index (χ4n) is 1.90. The monoisotopic (exact) mass is 382 g/mol. The molecule has 114 valence electrons. The molecule has 0 radical (unpaired) electrons. The van der Waals surface area contributed by atoms with Crippen LogP contribution in [0.25, 0.3) is 0 Å². The molecule has 2 aromatic carbocycles. The summed E-state index contributed by atoms with van der Waals surface area (Å²) in [5, 5.41) is 14.3. The Bertz CT molecular complexity index is 704. The van der Waals surface area contributed by atoms with Crippen LogP contribution in [-0.4, -0.2) is 17.4 Å². The van der Waals surface area contributed by atoms with Gasteiger partial charge >= 0.3 is 0 Å². The van der Waals surface area contributed by atoms with Crippen molar-refractivity contribution in [2.45, 2.75) is 6.42 Å². The number of amides is 1. The molecule has 0 bridgehead atoms. The number of nitro groups is 1. The van der Waals surface area contributed by atoms with Gasteiger partial charge in [-0.3, -0.25) is 14.9 Å². The normalized spacial score (nSPS) is 10.3. The van der Waals surface area contributed by atoms with Crippen LogP contribution in [0.1, 0.15) is 15.9 Å². The van der Waals surface area contributed by atoms with Crippen molar-refractivity contribution in [1.29, 1.82) is 0 Å². The van der Waals surface area contributed by atoms with E-state index in [1.807, 2.05) is 12.1 Å².